The fraction of sp³-hybridized carbons (Fsp3) is 0.100. The van der Waals surface area contributed by atoms with Crippen LogP contribution in [0.1, 0.15) is 10.4 Å². The molecule has 0 unspecified atom stereocenters. The van der Waals surface area contributed by atoms with Crippen LogP contribution in [-0.4, -0.2) is 38.2 Å². The highest BCUT2D eigenvalue weighted by Crippen LogP contribution is 2.22. The van der Waals surface area contributed by atoms with E-state index in [-0.39, 0.29) is 5.56 Å². The number of para-hydroxylation sites is 2. The van der Waals surface area contributed by atoms with Gasteiger partial charge in [-0.3, -0.25) is 9.36 Å². The van der Waals surface area contributed by atoms with Gasteiger partial charge in [-0.05, 0) is 36.4 Å². The monoisotopic (exact) mass is 413 g/mol. The summed E-state index contributed by atoms with van der Waals surface area (Å²) >= 11 is 0. The molecule has 3 aromatic heterocycles. The summed E-state index contributed by atoms with van der Waals surface area (Å²) in [5, 5.41) is 2.58. The average Bonchev–Trinajstić information content (AvgIpc) is 3.17. The molecule has 4 aromatic rings. The topological polar surface area (TPSA) is 81.9 Å². The number of nitrogens with one attached hydrogen (secondary N) is 1. The zero-order valence-electron chi connectivity index (χ0n) is 15.3. The Labute approximate surface area is 168 Å². The van der Waals surface area contributed by atoms with Gasteiger partial charge in [0.25, 0.3) is 5.91 Å². The van der Waals surface area contributed by atoms with Crippen LogP contribution in [0.25, 0.3) is 16.9 Å². The maximum absolute atomic E-state index is 12.5. The normalized spacial score (nSPS) is 11.4. The molecule has 0 bridgehead atoms. The number of rotatable bonds is 5. The number of halogens is 3. The smallest absolute Gasteiger partial charge is 0.422 e. The van der Waals surface area contributed by atoms with Gasteiger partial charge in [-0.1, -0.05) is 12.1 Å². The van der Waals surface area contributed by atoms with Crippen LogP contribution in [0.3, 0.4) is 0 Å². The Morgan fingerprint density at radius 2 is 1.87 bits per heavy atom. The second kappa shape index (κ2) is 7.82. The number of carbonyl (C=O) groups excluding carboxylic acids is 1. The van der Waals surface area contributed by atoms with Crippen molar-refractivity contribution in [3.63, 3.8) is 0 Å². The van der Waals surface area contributed by atoms with Crippen molar-refractivity contribution in [2.24, 2.45) is 0 Å². The van der Waals surface area contributed by atoms with E-state index in [0.717, 1.165) is 11.0 Å². The Bertz CT molecular complexity index is 1190. The maximum Gasteiger partial charge on any atom is 0.422 e. The third kappa shape index (κ3) is 4.22. The van der Waals surface area contributed by atoms with Gasteiger partial charge in [0.2, 0.25) is 5.88 Å². The van der Waals surface area contributed by atoms with E-state index in [1.807, 2.05) is 24.3 Å². The molecule has 0 atom stereocenters. The van der Waals surface area contributed by atoms with E-state index in [4.69, 9.17) is 0 Å². The Kier molecular flexibility index (Phi) is 5.05. The van der Waals surface area contributed by atoms with Gasteiger partial charge in [0.15, 0.2) is 6.61 Å². The van der Waals surface area contributed by atoms with Crippen molar-refractivity contribution in [2.75, 3.05) is 11.9 Å². The van der Waals surface area contributed by atoms with Crippen LogP contribution < -0.4 is 10.1 Å². The summed E-state index contributed by atoms with van der Waals surface area (Å²) in [6, 6.07) is 13.6. The number of hydrogen-bond donors (Lipinski definition) is 1. The highest BCUT2D eigenvalue weighted by molar-refractivity contribution is 6.05. The molecule has 0 aliphatic rings. The standard InChI is InChI=1S/C20H14F3N5O2/c21-20(22,23)11-30-19-14(4-3-9-24-19)18(29)27-13-7-8-17(25-10-13)28-12-26-15-5-1-2-6-16(15)28/h1-10,12H,11H2,(H,27,29). The molecule has 4 rings (SSSR count). The van der Waals surface area contributed by atoms with E-state index < -0.39 is 24.6 Å². The fourth-order valence-corrected chi connectivity index (χ4v) is 2.77. The van der Waals surface area contributed by atoms with Crippen LogP contribution >= 0.6 is 0 Å². The zero-order valence-corrected chi connectivity index (χ0v) is 15.3. The van der Waals surface area contributed by atoms with Crippen molar-refractivity contribution >= 4 is 22.6 Å². The lowest BCUT2D eigenvalue weighted by Crippen LogP contribution is -2.22. The van der Waals surface area contributed by atoms with Gasteiger partial charge in [0.1, 0.15) is 17.7 Å². The summed E-state index contributed by atoms with van der Waals surface area (Å²) in [5.41, 5.74) is 1.94. The molecule has 152 valence electrons. The second-order valence-corrected chi connectivity index (χ2v) is 6.22. The molecule has 0 saturated heterocycles. The number of aromatic nitrogens is 4. The molecular weight excluding hydrogens is 399 g/mol. The number of amides is 1. The summed E-state index contributed by atoms with van der Waals surface area (Å²) in [4.78, 5) is 24.8. The van der Waals surface area contributed by atoms with Gasteiger partial charge in [0, 0.05) is 6.20 Å². The summed E-state index contributed by atoms with van der Waals surface area (Å²) in [6.07, 6.45) is -0.212. The van der Waals surface area contributed by atoms with Crippen molar-refractivity contribution in [2.45, 2.75) is 6.18 Å². The Morgan fingerprint density at radius 3 is 2.63 bits per heavy atom. The molecule has 3 heterocycles. The molecule has 0 spiro atoms. The van der Waals surface area contributed by atoms with Gasteiger partial charge in [-0.2, -0.15) is 13.2 Å². The van der Waals surface area contributed by atoms with E-state index in [1.165, 1.54) is 24.5 Å². The number of ether oxygens (including phenoxy) is 1. The number of carbonyl (C=O) groups is 1. The Balaban J connectivity index is 1.51. The molecule has 1 aromatic carbocycles. The largest absolute Gasteiger partial charge is 0.467 e. The molecule has 0 saturated carbocycles. The number of alkyl halides is 3. The number of pyridine rings is 2. The third-order valence-electron chi connectivity index (χ3n) is 4.09. The minimum absolute atomic E-state index is 0.119. The number of imidazole rings is 1. The molecular formula is C20H14F3N5O2. The fourth-order valence-electron chi connectivity index (χ4n) is 2.77. The van der Waals surface area contributed by atoms with Crippen molar-refractivity contribution in [1.82, 2.24) is 19.5 Å². The van der Waals surface area contributed by atoms with Crippen LogP contribution in [0.4, 0.5) is 18.9 Å². The minimum Gasteiger partial charge on any atom is -0.467 e. The minimum atomic E-state index is -4.54. The zero-order chi connectivity index (χ0) is 21.1. The number of benzene rings is 1. The lowest BCUT2D eigenvalue weighted by atomic mass is 10.2. The first-order valence-corrected chi connectivity index (χ1v) is 8.75. The van der Waals surface area contributed by atoms with Crippen LogP contribution in [0, 0.1) is 0 Å². The molecule has 30 heavy (non-hydrogen) atoms. The predicted molar refractivity (Wildman–Crippen MR) is 103 cm³/mol. The quantitative estimate of drug-likeness (QED) is 0.535. The first-order chi connectivity index (χ1) is 14.4. The number of nitrogens with zero attached hydrogens (tertiary/aromatic N) is 4. The summed E-state index contributed by atoms with van der Waals surface area (Å²) < 4.78 is 43.7. The van der Waals surface area contributed by atoms with Gasteiger partial charge in [-0.25, -0.2) is 15.0 Å². The Morgan fingerprint density at radius 1 is 1.03 bits per heavy atom. The van der Waals surface area contributed by atoms with Gasteiger partial charge >= 0.3 is 6.18 Å². The molecule has 1 N–H and O–H groups in total. The maximum atomic E-state index is 12.5. The summed E-state index contributed by atoms with van der Waals surface area (Å²) in [7, 11) is 0. The second-order valence-electron chi connectivity index (χ2n) is 6.22. The molecule has 0 radical (unpaired) electrons. The lowest BCUT2D eigenvalue weighted by molar-refractivity contribution is -0.154. The predicted octanol–water partition coefficient (Wildman–Crippen LogP) is 4.01. The van der Waals surface area contributed by atoms with E-state index in [9.17, 15) is 18.0 Å². The average molecular weight is 413 g/mol. The number of anilines is 1. The number of hydrogen-bond acceptors (Lipinski definition) is 5. The van der Waals surface area contributed by atoms with Gasteiger partial charge in [-0.15, -0.1) is 0 Å². The molecule has 0 fully saturated rings. The SMILES string of the molecule is O=C(Nc1ccc(-n2cnc3ccccc32)nc1)c1cccnc1OCC(F)(F)F. The van der Waals surface area contributed by atoms with Crippen molar-refractivity contribution < 1.29 is 22.7 Å². The van der Waals surface area contributed by atoms with Crippen molar-refractivity contribution in [3.05, 3.63) is 72.8 Å². The van der Waals surface area contributed by atoms with Crippen LogP contribution in [0.2, 0.25) is 0 Å². The molecule has 0 aliphatic heterocycles. The highest BCUT2D eigenvalue weighted by atomic mass is 19.4. The third-order valence-corrected chi connectivity index (χ3v) is 4.09. The van der Waals surface area contributed by atoms with E-state index in [0.29, 0.717) is 11.5 Å². The molecule has 1 amide bonds. The van der Waals surface area contributed by atoms with E-state index in [2.05, 4.69) is 25.0 Å². The van der Waals surface area contributed by atoms with Gasteiger partial charge < -0.3 is 10.1 Å². The lowest BCUT2D eigenvalue weighted by Gasteiger charge is -2.12. The molecule has 7 nitrogen and oxygen atoms in total. The van der Waals surface area contributed by atoms with Gasteiger partial charge in [0.05, 0.1) is 22.9 Å². The van der Waals surface area contributed by atoms with Crippen LogP contribution in [-0.2, 0) is 0 Å². The molecule has 0 aliphatic carbocycles. The first kappa shape index (κ1) is 19.4. The van der Waals surface area contributed by atoms with Crippen LogP contribution in [0.15, 0.2) is 67.3 Å². The first-order valence-electron chi connectivity index (χ1n) is 8.75. The highest BCUT2D eigenvalue weighted by Gasteiger charge is 2.29. The van der Waals surface area contributed by atoms with Crippen LogP contribution in [0.5, 0.6) is 5.88 Å². The molecule has 10 heteroatoms. The van der Waals surface area contributed by atoms with Crippen molar-refractivity contribution in [3.8, 4) is 11.7 Å². The van der Waals surface area contributed by atoms with E-state index in [1.54, 1.807) is 23.0 Å². The summed E-state index contributed by atoms with van der Waals surface area (Å²) in [5.74, 6) is -0.470. The summed E-state index contributed by atoms with van der Waals surface area (Å²) in [6.45, 7) is -1.54. The Hall–Kier alpha value is -3.95. The van der Waals surface area contributed by atoms with Crippen molar-refractivity contribution in [1.29, 1.82) is 0 Å². The number of fused-ring (bicyclic) bond motifs is 1. The van der Waals surface area contributed by atoms with E-state index >= 15 is 0 Å².